The summed E-state index contributed by atoms with van der Waals surface area (Å²) in [6, 6.07) is 20.5. The van der Waals surface area contributed by atoms with Gasteiger partial charge in [-0.25, -0.2) is 4.79 Å². The molecule has 0 aromatic heterocycles. The van der Waals surface area contributed by atoms with Gasteiger partial charge in [0.1, 0.15) is 5.75 Å². The molecule has 3 aromatic rings. The molecule has 0 aliphatic carbocycles. The van der Waals surface area contributed by atoms with Crippen LogP contribution in [0.25, 0.3) is 0 Å². The number of carbonyl (C=O) groups is 3. The molecular formula is C24H20N2O5. The van der Waals surface area contributed by atoms with Crippen LogP contribution < -0.4 is 15.4 Å². The van der Waals surface area contributed by atoms with E-state index in [9.17, 15) is 14.4 Å². The molecule has 7 heteroatoms. The summed E-state index contributed by atoms with van der Waals surface area (Å²) in [6.07, 6.45) is -0.587. The standard InChI is InChI=1S/C24H20N2O5/c1-30-19-12-10-18(11-13-19)25-22(27)15-6-8-17(9-7-15)26-23(28)21-14-16-4-2-3-5-20(16)24(29)31-21/h2-13,21H,14H2,1H3,(H,25,27)(H,26,28)/t21-/m1/s1. The van der Waals surface area contributed by atoms with Crippen molar-refractivity contribution in [3.63, 3.8) is 0 Å². The van der Waals surface area contributed by atoms with Gasteiger partial charge in [0, 0.05) is 23.4 Å². The fourth-order valence-electron chi connectivity index (χ4n) is 3.28. The fraction of sp³-hybridized carbons (Fsp3) is 0.125. The van der Waals surface area contributed by atoms with Crippen LogP contribution in [0.5, 0.6) is 5.75 Å². The second-order valence-corrected chi connectivity index (χ2v) is 7.00. The first-order valence-electron chi connectivity index (χ1n) is 9.69. The topological polar surface area (TPSA) is 93.7 Å². The molecule has 2 amide bonds. The number of hydrogen-bond donors (Lipinski definition) is 2. The van der Waals surface area contributed by atoms with Crippen LogP contribution in [-0.4, -0.2) is 31.0 Å². The molecule has 3 aromatic carbocycles. The van der Waals surface area contributed by atoms with Gasteiger partial charge >= 0.3 is 5.97 Å². The number of cyclic esters (lactones) is 1. The van der Waals surface area contributed by atoms with Crippen molar-refractivity contribution < 1.29 is 23.9 Å². The maximum Gasteiger partial charge on any atom is 0.339 e. The molecule has 31 heavy (non-hydrogen) atoms. The zero-order valence-corrected chi connectivity index (χ0v) is 16.8. The third-order valence-corrected chi connectivity index (χ3v) is 4.95. The molecule has 1 atom stereocenters. The molecule has 1 aliphatic heterocycles. The summed E-state index contributed by atoms with van der Waals surface area (Å²) in [5, 5.41) is 5.53. The first kappa shape index (κ1) is 20.2. The second-order valence-electron chi connectivity index (χ2n) is 7.00. The second kappa shape index (κ2) is 8.71. The van der Waals surface area contributed by atoms with Gasteiger partial charge in [0.15, 0.2) is 6.10 Å². The zero-order valence-electron chi connectivity index (χ0n) is 16.8. The van der Waals surface area contributed by atoms with Crippen LogP contribution in [0.4, 0.5) is 11.4 Å². The molecule has 0 spiro atoms. The highest BCUT2D eigenvalue weighted by molar-refractivity contribution is 6.05. The predicted molar refractivity (Wildman–Crippen MR) is 115 cm³/mol. The molecule has 1 aliphatic rings. The Morgan fingerprint density at radius 3 is 2.26 bits per heavy atom. The predicted octanol–water partition coefficient (Wildman–Crippen LogP) is 3.67. The van der Waals surface area contributed by atoms with E-state index in [1.54, 1.807) is 67.8 Å². The van der Waals surface area contributed by atoms with Crippen molar-refractivity contribution in [3.8, 4) is 5.75 Å². The van der Waals surface area contributed by atoms with E-state index in [2.05, 4.69) is 10.6 Å². The lowest BCUT2D eigenvalue weighted by Gasteiger charge is -2.23. The summed E-state index contributed by atoms with van der Waals surface area (Å²) in [5.74, 6) is -0.503. The minimum absolute atomic E-state index is 0.277. The summed E-state index contributed by atoms with van der Waals surface area (Å²) in [5.41, 5.74) is 2.85. The van der Waals surface area contributed by atoms with Crippen LogP contribution in [0, 0.1) is 0 Å². The lowest BCUT2D eigenvalue weighted by Crippen LogP contribution is -2.37. The molecule has 4 rings (SSSR count). The van der Waals surface area contributed by atoms with Crippen LogP contribution in [0.3, 0.4) is 0 Å². The molecule has 156 valence electrons. The summed E-state index contributed by atoms with van der Waals surface area (Å²) in [6.45, 7) is 0. The Kier molecular flexibility index (Phi) is 5.66. The number of nitrogens with one attached hydrogen (secondary N) is 2. The number of benzene rings is 3. The lowest BCUT2D eigenvalue weighted by molar-refractivity contribution is -0.125. The van der Waals surface area contributed by atoms with E-state index in [1.807, 2.05) is 12.1 Å². The molecule has 2 N–H and O–H groups in total. The summed E-state index contributed by atoms with van der Waals surface area (Å²) in [7, 11) is 1.57. The van der Waals surface area contributed by atoms with E-state index in [0.717, 1.165) is 5.56 Å². The third-order valence-electron chi connectivity index (χ3n) is 4.95. The number of rotatable bonds is 5. The van der Waals surface area contributed by atoms with Crippen LogP contribution in [0.2, 0.25) is 0 Å². The van der Waals surface area contributed by atoms with Gasteiger partial charge < -0.3 is 20.1 Å². The maximum atomic E-state index is 12.6. The summed E-state index contributed by atoms with van der Waals surface area (Å²) >= 11 is 0. The fourth-order valence-corrected chi connectivity index (χ4v) is 3.28. The Hall–Kier alpha value is -4.13. The molecule has 0 bridgehead atoms. The normalized spacial score (nSPS) is 14.7. The molecule has 1 heterocycles. The van der Waals surface area contributed by atoms with Gasteiger partial charge in [-0.2, -0.15) is 0 Å². The molecule has 0 unspecified atom stereocenters. The number of anilines is 2. The highest BCUT2D eigenvalue weighted by Crippen LogP contribution is 2.22. The number of fused-ring (bicyclic) bond motifs is 1. The third kappa shape index (κ3) is 4.56. The van der Waals surface area contributed by atoms with E-state index in [1.165, 1.54) is 0 Å². The van der Waals surface area contributed by atoms with E-state index in [-0.39, 0.29) is 5.91 Å². The zero-order chi connectivity index (χ0) is 21.8. The molecule has 0 radical (unpaired) electrons. The van der Waals surface area contributed by atoms with E-state index >= 15 is 0 Å². The average Bonchev–Trinajstić information content (AvgIpc) is 2.80. The van der Waals surface area contributed by atoms with Crippen molar-refractivity contribution >= 4 is 29.2 Å². The Labute approximate surface area is 179 Å². The smallest absolute Gasteiger partial charge is 0.339 e. The van der Waals surface area contributed by atoms with Gasteiger partial charge in [0.05, 0.1) is 12.7 Å². The van der Waals surface area contributed by atoms with Crippen molar-refractivity contribution in [2.75, 3.05) is 17.7 Å². The van der Waals surface area contributed by atoms with Crippen LogP contribution in [-0.2, 0) is 16.0 Å². The molecule has 0 saturated heterocycles. The number of carbonyl (C=O) groups excluding carboxylic acids is 3. The van der Waals surface area contributed by atoms with Crippen LogP contribution >= 0.6 is 0 Å². The van der Waals surface area contributed by atoms with Crippen molar-refractivity contribution in [2.24, 2.45) is 0 Å². The van der Waals surface area contributed by atoms with Crippen molar-refractivity contribution in [1.82, 2.24) is 0 Å². The van der Waals surface area contributed by atoms with Crippen molar-refractivity contribution in [3.05, 3.63) is 89.5 Å². The quantitative estimate of drug-likeness (QED) is 0.619. The average molecular weight is 416 g/mol. The first-order chi connectivity index (χ1) is 15.0. The van der Waals surface area contributed by atoms with E-state index < -0.39 is 18.0 Å². The number of ether oxygens (including phenoxy) is 2. The first-order valence-corrected chi connectivity index (χ1v) is 9.69. The van der Waals surface area contributed by atoms with Gasteiger partial charge in [-0.15, -0.1) is 0 Å². The maximum absolute atomic E-state index is 12.6. The van der Waals surface area contributed by atoms with Crippen molar-refractivity contribution in [2.45, 2.75) is 12.5 Å². The number of esters is 1. The Morgan fingerprint density at radius 2 is 1.55 bits per heavy atom. The summed E-state index contributed by atoms with van der Waals surface area (Å²) < 4.78 is 10.4. The Balaban J connectivity index is 1.37. The minimum Gasteiger partial charge on any atom is -0.497 e. The van der Waals surface area contributed by atoms with Gasteiger partial charge in [0.2, 0.25) is 0 Å². The number of methoxy groups -OCH3 is 1. The number of hydrogen-bond acceptors (Lipinski definition) is 5. The molecule has 0 fully saturated rings. The summed E-state index contributed by atoms with van der Waals surface area (Å²) in [4.78, 5) is 37.1. The van der Waals surface area contributed by atoms with Gasteiger partial charge in [-0.1, -0.05) is 18.2 Å². The highest BCUT2D eigenvalue weighted by atomic mass is 16.5. The van der Waals surface area contributed by atoms with Crippen LogP contribution in [0.15, 0.2) is 72.8 Å². The van der Waals surface area contributed by atoms with Gasteiger partial charge in [0.25, 0.3) is 11.8 Å². The van der Waals surface area contributed by atoms with Gasteiger partial charge in [-0.05, 0) is 60.2 Å². The van der Waals surface area contributed by atoms with Gasteiger partial charge in [-0.3, -0.25) is 9.59 Å². The van der Waals surface area contributed by atoms with Crippen LogP contribution in [0.1, 0.15) is 26.3 Å². The monoisotopic (exact) mass is 416 g/mol. The van der Waals surface area contributed by atoms with E-state index in [4.69, 9.17) is 9.47 Å². The Bertz CT molecular complexity index is 1120. The number of amides is 2. The highest BCUT2D eigenvalue weighted by Gasteiger charge is 2.31. The SMILES string of the molecule is COc1ccc(NC(=O)c2ccc(NC(=O)[C@H]3Cc4ccccc4C(=O)O3)cc2)cc1. The lowest BCUT2D eigenvalue weighted by atomic mass is 9.98. The molecule has 7 nitrogen and oxygen atoms in total. The molecule has 0 saturated carbocycles. The van der Waals surface area contributed by atoms with Crippen molar-refractivity contribution in [1.29, 1.82) is 0 Å². The largest absolute Gasteiger partial charge is 0.497 e. The van der Waals surface area contributed by atoms with E-state index in [0.29, 0.717) is 34.7 Å². The Morgan fingerprint density at radius 1 is 0.903 bits per heavy atom. The molecular weight excluding hydrogens is 396 g/mol. The minimum atomic E-state index is -0.902.